The SMILES string of the molecule is Clc1cc(C2C=CC=CC2)nc2c(I)cnn12. The normalized spacial score (nSPS) is 19.1. The van der Waals surface area contributed by atoms with Crippen LogP contribution in [0.25, 0.3) is 5.65 Å². The van der Waals surface area contributed by atoms with Gasteiger partial charge in [-0.3, -0.25) is 0 Å². The number of aromatic nitrogens is 3. The fraction of sp³-hybridized carbons (Fsp3) is 0.167. The van der Waals surface area contributed by atoms with Crippen molar-refractivity contribution in [1.29, 1.82) is 0 Å². The van der Waals surface area contributed by atoms with Crippen molar-refractivity contribution >= 4 is 39.8 Å². The third-order valence-corrected chi connectivity index (χ3v) is 3.80. The van der Waals surface area contributed by atoms with E-state index in [1.165, 1.54) is 0 Å². The monoisotopic (exact) mass is 357 g/mol. The molecule has 0 aromatic carbocycles. The maximum atomic E-state index is 6.21. The van der Waals surface area contributed by atoms with E-state index in [4.69, 9.17) is 11.6 Å². The maximum Gasteiger partial charge on any atom is 0.170 e. The molecule has 86 valence electrons. The summed E-state index contributed by atoms with van der Waals surface area (Å²) in [4.78, 5) is 4.64. The molecule has 0 amide bonds. The Labute approximate surface area is 117 Å². The fourth-order valence-electron chi connectivity index (χ4n) is 1.91. The predicted octanol–water partition coefficient (Wildman–Crippen LogP) is 3.59. The molecule has 3 rings (SSSR count). The quantitative estimate of drug-likeness (QED) is 0.577. The summed E-state index contributed by atoms with van der Waals surface area (Å²) in [6.45, 7) is 0. The zero-order valence-electron chi connectivity index (χ0n) is 8.85. The molecule has 17 heavy (non-hydrogen) atoms. The van der Waals surface area contributed by atoms with E-state index in [9.17, 15) is 0 Å². The lowest BCUT2D eigenvalue weighted by molar-refractivity contribution is 0.803. The topological polar surface area (TPSA) is 30.2 Å². The maximum absolute atomic E-state index is 6.21. The molecule has 0 saturated heterocycles. The summed E-state index contributed by atoms with van der Waals surface area (Å²) in [6, 6.07) is 1.89. The van der Waals surface area contributed by atoms with Crippen LogP contribution in [0.4, 0.5) is 0 Å². The van der Waals surface area contributed by atoms with E-state index in [0.29, 0.717) is 11.1 Å². The van der Waals surface area contributed by atoms with Gasteiger partial charge in [-0.25, -0.2) is 9.50 Å². The summed E-state index contributed by atoms with van der Waals surface area (Å²) in [6.07, 6.45) is 11.1. The Balaban J connectivity index is 2.14. The highest BCUT2D eigenvalue weighted by molar-refractivity contribution is 14.1. The first kappa shape index (κ1) is 11.2. The molecule has 0 spiro atoms. The number of nitrogens with zero attached hydrogens (tertiary/aromatic N) is 3. The number of allylic oxidation sites excluding steroid dienone is 4. The predicted molar refractivity (Wildman–Crippen MR) is 76.4 cm³/mol. The minimum absolute atomic E-state index is 0.313. The fourth-order valence-corrected chi connectivity index (χ4v) is 2.62. The molecule has 0 N–H and O–H groups in total. The van der Waals surface area contributed by atoms with Crippen molar-refractivity contribution in [1.82, 2.24) is 14.6 Å². The number of hydrogen-bond acceptors (Lipinski definition) is 2. The Morgan fingerprint density at radius 1 is 1.41 bits per heavy atom. The van der Waals surface area contributed by atoms with Gasteiger partial charge in [0.2, 0.25) is 0 Å². The smallest absolute Gasteiger partial charge is 0.170 e. The van der Waals surface area contributed by atoms with Gasteiger partial charge in [-0.15, -0.1) is 0 Å². The Bertz CT molecular complexity index is 630. The Morgan fingerprint density at radius 2 is 2.29 bits per heavy atom. The first-order chi connectivity index (χ1) is 8.25. The van der Waals surface area contributed by atoms with Gasteiger partial charge in [0.05, 0.1) is 15.5 Å². The molecule has 1 atom stereocenters. The highest BCUT2D eigenvalue weighted by Gasteiger charge is 2.14. The lowest BCUT2D eigenvalue weighted by Gasteiger charge is -2.13. The van der Waals surface area contributed by atoms with E-state index in [1.54, 1.807) is 10.7 Å². The standard InChI is InChI=1S/C12H9ClIN3/c13-11-6-10(8-4-2-1-3-5-8)16-12-9(14)7-15-17(11)12/h1-4,6-8H,5H2. The summed E-state index contributed by atoms with van der Waals surface area (Å²) in [7, 11) is 0. The first-order valence-corrected chi connectivity index (χ1v) is 6.74. The van der Waals surface area contributed by atoms with Gasteiger partial charge in [-0.2, -0.15) is 5.10 Å². The van der Waals surface area contributed by atoms with Crippen molar-refractivity contribution in [3.63, 3.8) is 0 Å². The Kier molecular flexibility index (Phi) is 2.92. The van der Waals surface area contributed by atoms with Crippen molar-refractivity contribution < 1.29 is 0 Å². The second kappa shape index (κ2) is 4.42. The largest absolute Gasteiger partial charge is 0.232 e. The molecular weight excluding hydrogens is 349 g/mol. The second-order valence-corrected chi connectivity index (χ2v) is 5.44. The van der Waals surface area contributed by atoms with Crippen LogP contribution in [-0.2, 0) is 0 Å². The average Bonchev–Trinajstić information content (AvgIpc) is 2.73. The Hall–Kier alpha value is -0.880. The van der Waals surface area contributed by atoms with Gasteiger partial charge in [-0.05, 0) is 35.1 Å². The summed E-state index contributed by atoms with van der Waals surface area (Å²) in [5, 5.41) is 4.79. The van der Waals surface area contributed by atoms with E-state index in [-0.39, 0.29) is 0 Å². The van der Waals surface area contributed by atoms with Crippen LogP contribution in [0.2, 0.25) is 5.15 Å². The highest BCUT2D eigenvalue weighted by atomic mass is 127. The molecule has 2 aromatic rings. The van der Waals surface area contributed by atoms with Crippen molar-refractivity contribution in [2.24, 2.45) is 0 Å². The summed E-state index contributed by atoms with van der Waals surface area (Å²) < 4.78 is 2.68. The van der Waals surface area contributed by atoms with Crippen LogP contribution in [0.5, 0.6) is 0 Å². The van der Waals surface area contributed by atoms with Crippen LogP contribution in [0.1, 0.15) is 18.0 Å². The number of hydrogen-bond donors (Lipinski definition) is 0. The van der Waals surface area contributed by atoms with Crippen molar-refractivity contribution in [3.8, 4) is 0 Å². The third-order valence-electron chi connectivity index (χ3n) is 2.77. The first-order valence-electron chi connectivity index (χ1n) is 5.29. The molecule has 1 unspecified atom stereocenters. The highest BCUT2D eigenvalue weighted by Crippen LogP contribution is 2.26. The minimum atomic E-state index is 0.313. The molecule has 3 nitrogen and oxygen atoms in total. The molecular formula is C12H9ClIN3. The summed E-state index contributed by atoms with van der Waals surface area (Å²) in [5.41, 5.74) is 1.83. The van der Waals surface area contributed by atoms with Gasteiger partial charge in [0.1, 0.15) is 5.15 Å². The molecule has 2 aromatic heterocycles. The van der Waals surface area contributed by atoms with Crippen LogP contribution in [0.3, 0.4) is 0 Å². The lowest BCUT2D eigenvalue weighted by Crippen LogP contribution is -2.03. The zero-order valence-corrected chi connectivity index (χ0v) is 11.8. The second-order valence-electron chi connectivity index (χ2n) is 3.89. The zero-order chi connectivity index (χ0) is 11.8. The van der Waals surface area contributed by atoms with Gasteiger partial charge in [0.25, 0.3) is 0 Å². The molecule has 0 aliphatic heterocycles. The van der Waals surface area contributed by atoms with Crippen LogP contribution < -0.4 is 0 Å². The van der Waals surface area contributed by atoms with E-state index in [0.717, 1.165) is 21.3 Å². The average molecular weight is 358 g/mol. The number of rotatable bonds is 1. The number of fused-ring (bicyclic) bond motifs is 1. The van der Waals surface area contributed by atoms with Crippen LogP contribution in [0, 0.1) is 3.57 Å². The van der Waals surface area contributed by atoms with Crippen molar-refractivity contribution in [2.75, 3.05) is 0 Å². The Morgan fingerprint density at radius 3 is 3.06 bits per heavy atom. The van der Waals surface area contributed by atoms with Gasteiger partial charge in [-0.1, -0.05) is 35.9 Å². The van der Waals surface area contributed by atoms with Crippen LogP contribution >= 0.6 is 34.2 Å². The van der Waals surface area contributed by atoms with Crippen LogP contribution in [0.15, 0.2) is 36.6 Å². The molecule has 0 radical (unpaired) electrons. The van der Waals surface area contributed by atoms with Crippen molar-refractivity contribution in [3.05, 3.63) is 51.0 Å². The van der Waals surface area contributed by atoms with E-state index in [2.05, 4.69) is 57.0 Å². The molecule has 0 bridgehead atoms. The minimum Gasteiger partial charge on any atom is -0.232 e. The molecule has 5 heteroatoms. The molecule has 1 aliphatic carbocycles. The molecule has 0 saturated carbocycles. The van der Waals surface area contributed by atoms with Crippen molar-refractivity contribution in [2.45, 2.75) is 12.3 Å². The van der Waals surface area contributed by atoms with E-state index < -0.39 is 0 Å². The summed E-state index contributed by atoms with van der Waals surface area (Å²) in [5.74, 6) is 0.313. The van der Waals surface area contributed by atoms with Gasteiger partial charge >= 0.3 is 0 Å². The molecule has 0 fully saturated rings. The van der Waals surface area contributed by atoms with Gasteiger partial charge < -0.3 is 0 Å². The lowest BCUT2D eigenvalue weighted by atomic mass is 9.97. The van der Waals surface area contributed by atoms with E-state index >= 15 is 0 Å². The molecule has 2 heterocycles. The van der Waals surface area contributed by atoms with Gasteiger partial charge in [0.15, 0.2) is 5.65 Å². The third kappa shape index (κ3) is 1.99. The summed E-state index contributed by atoms with van der Waals surface area (Å²) >= 11 is 8.43. The van der Waals surface area contributed by atoms with Gasteiger partial charge in [0, 0.05) is 5.92 Å². The van der Waals surface area contributed by atoms with Crippen LogP contribution in [-0.4, -0.2) is 14.6 Å². The molecule has 1 aliphatic rings. The number of halogens is 2. The van der Waals surface area contributed by atoms with E-state index in [1.807, 2.05) is 6.07 Å².